The average Bonchev–Trinajstić information content (AvgIpc) is 3.05. The Bertz CT molecular complexity index is 957. The van der Waals surface area contributed by atoms with E-state index in [4.69, 9.17) is 9.15 Å². The minimum absolute atomic E-state index is 0.109. The summed E-state index contributed by atoms with van der Waals surface area (Å²) in [6.07, 6.45) is 3.71. The van der Waals surface area contributed by atoms with Crippen molar-refractivity contribution in [2.75, 3.05) is 36.5 Å². The second-order valence-corrected chi connectivity index (χ2v) is 6.92. The molecule has 0 atom stereocenters. The van der Waals surface area contributed by atoms with Crippen molar-refractivity contribution in [3.63, 3.8) is 0 Å². The monoisotopic (exact) mass is 365 g/mol. The van der Waals surface area contributed by atoms with E-state index >= 15 is 0 Å². The second-order valence-electron chi connectivity index (χ2n) is 6.92. The van der Waals surface area contributed by atoms with Crippen molar-refractivity contribution < 1.29 is 13.9 Å². The maximum absolute atomic E-state index is 12.4. The number of amides is 1. The predicted molar refractivity (Wildman–Crippen MR) is 105 cm³/mol. The van der Waals surface area contributed by atoms with Gasteiger partial charge in [-0.05, 0) is 49.2 Å². The van der Waals surface area contributed by atoms with E-state index in [1.165, 1.54) is 11.1 Å². The maximum Gasteiger partial charge on any atom is 0.230 e. The third-order valence-electron chi connectivity index (χ3n) is 5.01. The molecule has 1 aliphatic rings. The van der Waals surface area contributed by atoms with Crippen LogP contribution in [0.4, 0.5) is 11.5 Å². The van der Waals surface area contributed by atoms with E-state index in [2.05, 4.69) is 35.1 Å². The van der Waals surface area contributed by atoms with E-state index in [0.29, 0.717) is 5.82 Å². The van der Waals surface area contributed by atoms with Gasteiger partial charge in [0, 0.05) is 24.0 Å². The Kier molecular flexibility index (Phi) is 4.81. The van der Waals surface area contributed by atoms with Crippen LogP contribution in [0.1, 0.15) is 16.7 Å². The third-order valence-corrected chi connectivity index (χ3v) is 5.01. The molecule has 2 aromatic heterocycles. The highest BCUT2D eigenvalue weighted by Gasteiger charge is 2.14. The Labute approximate surface area is 158 Å². The molecule has 0 saturated carbocycles. The van der Waals surface area contributed by atoms with Crippen molar-refractivity contribution in [3.05, 3.63) is 53.4 Å². The predicted octanol–water partition coefficient (Wildman–Crippen LogP) is 3.46. The minimum atomic E-state index is -0.109. The molecule has 140 valence electrons. The number of nitrogens with one attached hydrogen (secondary N) is 1. The summed E-state index contributed by atoms with van der Waals surface area (Å²) >= 11 is 0. The van der Waals surface area contributed by atoms with Crippen LogP contribution in [0.2, 0.25) is 0 Å². The summed E-state index contributed by atoms with van der Waals surface area (Å²) in [5, 5.41) is 3.86. The number of nitrogens with zero attached hydrogens (tertiary/aromatic N) is 2. The Morgan fingerprint density at radius 2 is 1.96 bits per heavy atom. The molecule has 0 bridgehead atoms. The number of anilines is 2. The highest BCUT2D eigenvalue weighted by atomic mass is 16.5. The molecule has 0 aliphatic carbocycles. The van der Waals surface area contributed by atoms with Crippen molar-refractivity contribution in [2.45, 2.75) is 20.3 Å². The van der Waals surface area contributed by atoms with Crippen molar-refractivity contribution in [3.8, 4) is 0 Å². The first kappa shape index (κ1) is 17.5. The lowest BCUT2D eigenvalue weighted by Gasteiger charge is -2.28. The molecular formula is C21H23N3O3. The molecule has 1 N–H and O–H groups in total. The quantitative estimate of drug-likeness (QED) is 0.767. The molecule has 1 amide bonds. The molecule has 6 heteroatoms. The van der Waals surface area contributed by atoms with Crippen LogP contribution in [-0.4, -0.2) is 37.2 Å². The number of ether oxygens (including phenoxy) is 1. The van der Waals surface area contributed by atoms with E-state index in [0.717, 1.165) is 48.5 Å². The van der Waals surface area contributed by atoms with Crippen molar-refractivity contribution in [1.29, 1.82) is 0 Å². The smallest absolute Gasteiger partial charge is 0.230 e. The van der Waals surface area contributed by atoms with Crippen LogP contribution in [0.5, 0.6) is 0 Å². The zero-order valence-corrected chi connectivity index (χ0v) is 15.6. The minimum Gasteiger partial charge on any atom is -0.464 e. The molecular weight excluding hydrogens is 342 g/mol. The normalized spacial score (nSPS) is 14.5. The number of hydrogen-bond acceptors (Lipinski definition) is 5. The van der Waals surface area contributed by atoms with Gasteiger partial charge in [0.05, 0.1) is 37.8 Å². The number of hydrogen-bond donors (Lipinski definition) is 1. The fourth-order valence-corrected chi connectivity index (χ4v) is 3.30. The van der Waals surface area contributed by atoms with Gasteiger partial charge in [-0.1, -0.05) is 0 Å². The van der Waals surface area contributed by atoms with Gasteiger partial charge in [-0.25, -0.2) is 4.98 Å². The number of aromatic nitrogens is 1. The SMILES string of the molecule is Cc1cc2occ(CC(=O)Nc3ccc(N4CCOCC4)cn3)c2cc1C. The molecule has 4 rings (SSSR count). The van der Waals surface area contributed by atoms with Crippen molar-refractivity contribution >= 4 is 28.4 Å². The van der Waals surface area contributed by atoms with E-state index in [9.17, 15) is 4.79 Å². The topological polar surface area (TPSA) is 67.6 Å². The van der Waals surface area contributed by atoms with Gasteiger partial charge >= 0.3 is 0 Å². The van der Waals surface area contributed by atoms with Gasteiger partial charge in [-0.3, -0.25) is 4.79 Å². The van der Waals surface area contributed by atoms with Crippen molar-refractivity contribution in [1.82, 2.24) is 4.98 Å². The second kappa shape index (κ2) is 7.40. The Balaban J connectivity index is 1.43. The zero-order chi connectivity index (χ0) is 18.8. The van der Waals surface area contributed by atoms with Crippen LogP contribution in [0.3, 0.4) is 0 Å². The maximum atomic E-state index is 12.4. The lowest BCUT2D eigenvalue weighted by Crippen LogP contribution is -2.36. The van der Waals surface area contributed by atoms with Gasteiger partial charge in [0.15, 0.2) is 0 Å². The van der Waals surface area contributed by atoms with Crippen LogP contribution in [0, 0.1) is 13.8 Å². The van der Waals surface area contributed by atoms with Gasteiger partial charge in [-0.15, -0.1) is 0 Å². The lowest BCUT2D eigenvalue weighted by atomic mass is 10.0. The first-order valence-corrected chi connectivity index (χ1v) is 9.16. The largest absolute Gasteiger partial charge is 0.464 e. The highest BCUT2D eigenvalue weighted by molar-refractivity contribution is 5.95. The summed E-state index contributed by atoms with van der Waals surface area (Å²) in [6, 6.07) is 7.90. The van der Waals surface area contributed by atoms with Gasteiger partial charge in [0.1, 0.15) is 11.4 Å². The number of benzene rings is 1. The molecule has 3 heterocycles. The Morgan fingerprint density at radius 3 is 2.70 bits per heavy atom. The third kappa shape index (κ3) is 3.80. The molecule has 1 saturated heterocycles. The van der Waals surface area contributed by atoms with Crippen LogP contribution in [0.25, 0.3) is 11.0 Å². The van der Waals surface area contributed by atoms with Gasteiger partial charge in [-0.2, -0.15) is 0 Å². The lowest BCUT2D eigenvalue weighted by molar-refractivity contribution is -0.115. The summed E-state index contributed by atoms with van der Waals surface area (Å²) < 4.78 is 11.0. The van der Waals surface area contributed by atoms with Crippen LogP contribution < -0.4 is 10.2 Å². The molecule has 3 aromatic rings. The Morgan fingerprint density at radius 1 is 1.19 bits per heavy atom. The summed E-state index contributed by atoms with van der Waals surface area (Å²) in [5.41, 5.74) is 5.11. The molecule has 1 aromatic carbocycles. The van der Waals surface area contributed by atoms with Gasteiger partial charge < -0.3 is 19.4 Å². The van der Waals surface area contributed by atoms with E-state index in [1.54, 1.807) is 12.5 Å². The number of furan rings is 1. The fourth-order valence-electron chi connectivity index (χ4n) is 3.30. The van der Waals surface area contributed by atoms with Crippen LogP contribution in [-0.2, 0) is 16.0 Å². The number of rotatable bonds is 4. The summed E-state index contributed by atoms with van der Waals surface area (Å²) in [7, 11) is 0. The first-order valence-electron chi connectivity index (χ1n) is 9.16. The average molecular weight is 365 g/mol. The van der Waals surface area contributed by atoms with Gasteiger partial charge in [0.25, 0.3) is 0 Å². The number of carbonyl (C=O) groups excluding carboxylic acids is 1. The number of carbonyl (C=O) groups is 1. The standard InChI is InChI=1S/C21H23N3O3/c1-14-9-18-16(13-27-19(18)10-15(14)2)11-21(25)23-20-4-3-17(12-22-20)24-5-7-26-8-6-24/h3-4,9-10,12-13H,5-8,11H2,1-2H3,(H,22,23,25). The molecule has 0 unspecified atom stereocenters. The number of fused-ring (bicyclic) bond motifs is 1. The Hall–Kier alpha value is -2.86. The summed E-state index contributed by atoms with van der Waals surface area (Å²) in [4.78, 5) is 19.0. The molecule has 27 heavy (non-hydrogen) atoms. The van der Waals surface area contributed by atoms with Crippen molar-refractivity contribution in [2.24, 2.45) is 0 Å². The van der Waals surface area contributed by atoms with Gasteiger partial charge in [0.2, 0.25) is 5.91 Å². The molecule has 0 spiro atoms. The number of pyridine rings is 1. The van der Waals surface area contributed by atoms with E-state index in [-0.39, 0.29) is 12.3 Å². The molecule has 1 aliphatic heterocycles. The van der Waals surface area contributed by atoms with Crippen LogP contribution >= 0.6 is 0 Å². The molecule has 6 nitrogen and oxygen atoms in total. The summed E-state index contributed by atoms with van der Waals surface area (Å²) in [5.74, 6) is 0.444. The number of aryl methyl sites for hydroxylation is 2. The molecule has 1 fully saturated rings. The summed E-state index contributed by atoms with van der Waals surface area (Å²) in [6.45, 7) is 7.30. The van der Waals surface area contributed by atoms with E-state index in [1.807, 2.05) is 18.2 Å². The molecule has 0 radical (unpaired) electrons. The number of morpholine rings is 1. The first-order chi connectivity index (χ1) is 13.1. The highest BCUT2D eigenvalue weighted by Crippen LogP contribution is 2.25. The fraction of sp³-hybridized carbons (Fsp3) is 0.333. The van der Waals surface area contributed by atoms with Crippen LogP contribution in [0.15, 0.2) is 41.1 Å². The van der Waals surface area contributed by atoms with E-state index < -0.39 is 0 Å². The zero-order valence-electron chi connectivity index (χ0n) is 15.6.